The van der Waals surface area contributed by atoms with Gasteiger partial charge in [0.05, 0.1) is 0 Å². The first kappa shape index (κ1) is 17.9. The summed E-state index contributed by atoms with van der Waals surface area (Å²) in [5.74, 6) is -0.988. The second-order valence-electron chi connectivity index (χ2n) is 6.68. The van der Waals surface area contributed by atoms with Gasteiger partial charge in [0.2, 0.25) is 0 Å². The van der Waals surface area contributed by atoms with Crippen LogP contribution in [0.2, 0.25) is 0 Å². The van der Waals surface area contributed by atoms with Gasteiger partial charge in [0, 0.05) is 23.4 Å². The van der Waals surface area contributed by atoms with Gasteiger partial charge in [0.25, 0.3) is 5.91 Å². The molecule has 1 aromatic heterocycles. The van der Waals surface area contributed by atoms with Crippen LogP contribution in [0.15, 0.2) is 18.2 Å². The van der Waals surface area contributed by atoms with Gasteiger partial charge in [-0.15, -0.1) is 0 Å². The molecule has 1 amide bonds. The first-order chi connectivity index (χ1) is 12.4. The number of amides is 1. The minimum absolute atomic E-state index is 0.0477. The Morgan fingerprint density at radius 1 is 1.15 bits per heavy atom. The number of aryl methyl sites for hydroxylation is 3. The number of hydrogen-bond donors (Lipinski definition) is 2. The maximum atomic E-state index is 12.3. The fourth-order valence-corrected chi connectivity index (χ4v) is 3.20. The van der Waals surface area contributed by atoms with Crippen LogP contribution >= 0.6 is 0 Å². The molecule has 0 aliphatic heterocycles. The van der Waals surface area contributed by atoms with Gasteiger partial charge in [-0.1, -0.05) is 6.07 Å². The molecule has 3 rings (SSSR count). The smallest absolute Gasteiger partial charge is 0.355 e. The Hall–Kier alpha value is -2.89. The van der Waals surface area contributed by atoms with Crippen LogP contribution in [0.4, 0.5) is 5.69 Å². The second kappa shape index (κ2) is 7.15. The van der Waals surface area contributed by atoms with E-state index in [1.54, 1.807) is 13.0 Å². The zero-order chi connectivity index (χ0) is 18.8. The highest BCUT2D eigenvalue weighted by molar-refractivity contribution is 6.03. The molecule has 0 bridgehead atoms. The van der Waals surface area contributed by atoms with E-state index in [2.05, 4.69) is 10.3 Å². The third kappa shape index (κ3) is 3.54. The quantitative estimate of drug-likeness (QED) is 0.825. The van der Waals surface area contributed by atoms with E-state index in [1.807, 2.05) is 26.0 Å². The zero-order valence-electron chi connectivity index (χ0n) is 15.2. The number of benzene rings is 1. The normalized spacial score (nSPS) is 13.3. The summed E-state index contributed by atoms with van der Waals surface area (Å²) in [6.45, 7) is 5.29. The van der Waals surface area contributed by atoms with E-state index in [0.717, 1.165) is 29.7 Å². The maximum Gasteiger partial charge on any atom is 0.355 e. The predicted molar refractivity (Wildman–Crippen MR) is 97.6 cm³/mol. The van der Waals surface area contributed by atoms with E-state index in [4.69, 9.17) is 4.74 Å². The fraction of sp³-hybridized carbons (Fsp3) is 0.350. The van der Waals surface area contributed by atoms with Crippen LogP contribution in [0.25, 0.3) is 0 Å². The molecule has 1 heterocycles. The fourth-order valence-electron chi connectivity index (χ4n) is 3.20. The van der Waals surface area contributed by atoms with Gasteiger partial charge in [0.1, 0.15) is 5.69 Å². The van der Waals surface area contributed by atoms with Gasteiger partial charge < -0.3 is 15.0 Å². The molecule has 6 heteroatoms. The van der Waals surface area contributed by atoms with Crippen molar-refractivity contribution in [2.24, 2.45) is 0 Å². The van der Waals surface area contributed by atoms with Crippen molar-refractivity contribution in [3.8, 4) is 0 Å². The van der Waals surface area contributed by atoms with Gasteiger partial charge in [-0.05, 0) is 62.4 Å². The molecule has 0 atom stereocenters. The predicted octanol–water partition coefficient (Wildman–Crippen LogP) is 3.25. The summed E-state index contributed by atoms with van der Waals surface area (Å²) < 4.78 is 5.12. The summed E-state index contributed by atoms with van der Waals surface area (Å²) in [4.78, 5) is 39.3. The lowest BCUT2D eigenvalue weighted by Crippen LogP contribution is -2.21. The highest BCUT2D eigenvalue weighted by Gasteiger charge is 2.27. The molecule has 26 heavy (non-hydrogen) atoms. The highest BCUT2D eigenvalue weighted by atomic mass is 16.5. The van der Waals surface area contributed by atoms with Crippen molar-refractivity contribution in [2.75, 3.05) is 11.9 Å². The van der Waals surface area contributed by atoms with Crippen LogP contribution in [0.3, 0.4) is 0 Å². The molecular formula is C20H22N2O4. The molecule has 1 aliphatic carbocycles. The maximum absolute atomic E-state index is 12.3. The number of anilines is 1. The van der Waals surface area contributed by atoms with Gasteiger partial charge in [-0.25, -0.2) is 4.79 Å². The number of rotatable bonds is 4. The van der Waals surface area contributed by atoms with Crippen LogP contribution in [-0.4, -0.2) is 29.3 Å². The topological polar surface area (TPSA) is 88.3 Å². The first-order valence-electron chi connectivity index (χ1n) is 8.65. The number of H-pyrrole nitrogens is 1. The number of Topliss-reactive ketones (excluding diaryl/α,β-unsaturated/α-hetero) is 1. The Bertz CT molecular complexity index is 895. The third-order valence-corrected chi connectivity index (χ3v) is 4.77. The van der Waals surface area contributed by atoms with Crippen molar-refractivity contribution in [2.45, 2.75) is 40.0 Å². The molecule has 2 aromatic rings. The van der Waals surface area contributed by atoms with Crippen molar-refractivity contribution in [3.63, 3.8) is 0 Å². The minimum Gasteiger partial charge on any atom is -0.451 e. The molecule has 0 spiro atoms. The number of aromatic nitrogens is 1. The summed E-state index contributed by atoms with van der Waals surface area (Å²) in [5.41, 5.74) is 5.10. The van der Waals surface area contributed by atoms with Crippen molar-refractivity contribution >= 4 is 23.3 Å². The number of hydrogen-bond acceptors (Lipinski definition) is 4. The van der Waals surface area contributed by atoms with E-state index in [-0.39, 0.29) is 18.1 Å². The molecule has 0 saturated heterocycles. The number of fused-ring (bicyclic) bond motifs is 1. The van der Waals surface area contributed by atoms with Gasteiger partial charge in [-0.2, -0.15) is 0 Å². The van der Waals surface area contributed by atoms with Crippen LogP contribution in [0, 0.1) is 20.8 Å². The van der Waals surface area contributed by atoms with Crippen molar-refractivity contribution < 1.29 is 19.1 Å². The lowest BCUT2D eigenvalue weighted by Gasteiger charge is -2.09. The van der Waals surface area contributed by atoms with Crippen LogP contribution < -0.4 is 5.32 Å². The monoisotopic (exact) mass is 354 g/mol. The Labute approximate surface area is 151 Å². The zero-order valence-corrected chi connectivity index (χ0v) is 15.2. The summed E-state index contributed by atoms with van der Waals surface area (Å²) in [5, 5.41) is 2.71. The lowest BCUT2D eigenvalue weighted by molar-refractivity contribution is -0.119. The molecule has 136 valence electrons. The minimum atomic E-state index is -0.625. The van der Waals surface area contributed by atoms with Crippen LogP contribution in [0.1, 0.15) is 56.1 Å². The van der Waals surface area contributed by atoms with Crippen LogP contribution in [-0.2, 0) is 16.0 Å². The number of esters is 1. The molecule has 0 fully saturated rings. The van der Waals surface area contributed by atoms with Gasteiger partial charge >= 0.3 is 5.97 Å². The Morgan fingerprint density at radius 3 is 2.62 bits per heavy atom. The average Bonchev–Trinajstić information content (AvgIpc) is 2.94. The molecule has 0 saturated carbocycles. The molecule has 2 N–H and O–H groups in total. The first-order valence-corrected chi connectivity index (χ1v) is 8.65. The molecule has 0 radical (unpaired) electrons. The molecule has 6 nitrogen and oxygen atoms in total. The summed E-state index contributed by atoms with van der Waals surface area (Å²) in [6.07, 6.45) is 2.01. The van der Waals surface area contributed by atoms with Gasteiger partial charge in [-0.3, -0.25) is 9.59 Å². The largest absolute Gasteiger partial charge is 0.451 e. The third-order valence-electron chi connectivity index (χ3n) is 4.77. The number of aromatic amines is 1. The van der Waals surface area contributed by atoms with E-state index < -0.39 is 11.9 Å². The number of ketones is 1. The standard InChI is InChI=1S/C20H22N2O4/c1-11-7-8-14(9-12(11)2)21-17(24)10-26-20(25)19-13(3)18-15(22-19)5-4-6-16(18)23/h7-9,22H,4-6,10H2,1-3H3,(H,21,24). The summed E-state index contributed by atoms with van der Waals surface area (Å²) >= 11 is 0. The number of carbonyl (C=O) groups is 3. The number of ether oxygens (including phenoxy) is 1. The summed E-state index contributed by atoms with van der Waals surface area (Å²) in [7, 11) is 0. The number of carbonyl (C=O) groups excluding carboxylic acids is 3. The Kier molecular flexibility index (Phi) is 4.93. The van der Waals surface area contributed by atoms with Crippen molar-refractivity contribution in [1.29, 1.82) is 0 Å². The van der Waals surface area contributed by atoms with E-state index in [9.17, 15) is 14.4 Å². The Morgan fingerprint density at radius 2 is 1.92 bits per heavy atom. The lowest BCUT2D eigenvalue weighted by atomic mass is 9.94. The second-order valence-corrected chi connectivity index (χ2v) is 6.68. The van der Waals surface area contributed by atoms with E-state index >= 15 is 0 Å². The molecule has 1 aromatic carbocycles. The number of nitrogens with one attached hydrogen (secondary N) is 2. The average molecular weight is 354 g/mol. The highest BCUT2D eigenvalue weighted by Crippen LogP contribution is 2.26. The van der Waals surface area contributed by atoms with E-state index in [0.29, 0.717) is 23.2 Å². The molecular weight excluding hydrogens is 332 g/mol. The van der Waals surface area contributed by atoms with Crippen molar-refractivity contribution in [1.82, 2.24) is 4.98 Å². The Balaban J connectivity index is 1.63. The van der Waals surface area contributed by atoms with E-state index in [1.165, 1.54) is 0 Å². The molecule has 0 unspecified atom stereocenters. The van der Waals surface area contributed by atoms with Gasteiger partial charge in [0.15, 0.2) is 12.4 Å². The SMILES string of the molecule is Cc1ccc(NC(=O)COC(=O)c2[nH]c3c(c2C)C(=O)CCC3)cc1C. The summed E-state index contributed by atoms with van der Waals surface area (Å²) in [6, 6.07) is 5.58. The van der Waals surface area contributed by atoms with Crippen LogP contribution in [0.5, 0.6) is 0 Å². The van der Waals surface area contributed by atoms with Crippen molar-refractivity contribution in [3.05, 3.63) is 51.8 Å². The molecule has 1 aliphatic rings.